The van der Waals surface area contributed by atoms with E-state index in [0.29, 0.717) is 16.4 Å². The van der Waals surface area contributed by atoms with Gasteiger partial charge in [-0.2, -0.15) is 0 Å². The summed E-state index contributed by atoms with van der Waals surface area (Å²) in [6.45, 7) is 0. The second kappa shape index (κ2) is 5.02. The van der Waals surface area contributed by atoms with Crippen molar-refractivity contribution in [2.75, 3.05) is 0 Å². The number of hydrogen-bond acceptors (Lipinski definition) is 2. The van der Waals surface area contributed by atoms with Crippen LogP contribution in [-0.2, 0) is 7.05 Å². The molecule has 100 valence electrons. The fourth-order valence-corrected chi connectivity index (χ4v) is 2.25. The Morgan fingerprint density at radius 3 is 2.55 bits per heavy atom. The van der Waals surface area contributed by atoms with Crippen LogP contribution in [0.2, 0.25) is 5.02 Å². The highest BCUT2D eigenvalue weighted by Gasteiger charge is 2.07. The molecule has 3 nitrogen and oxygen atoms in total. The van der Waals surface area contributed by atoms with E-state index in [2.05, 4.69) is 4.98 Å². The Balaban J connectivity index is 2.05. The minimum atomic E-state index is 0.167. The van der Waals surface area contributed by atoms with E-state index in [1.54, 1.807) is 30.3 Å². The van der Waals surface area contributed by atoms with Gasteiger partial charge in [-0.15, -0.1) is 0 Å². The minimum absolute atomic E-state index is 0.167. The molecule has 3 aromatic rings. The predicted octanol–water partition coefficient (Wildman–Crippen LogP) is 4.28. The molecule has 0 saturated carbocycles. The van der Waals surface area contributed by atoms with Crippen molar-refractivity contribution in [3.63, 3.8) is 0 Å². The summed E-state index contributed by atoms with van der Waals surface area (Å²) in [5, 5.41) is 10.8. The van der Waals surface area contributed by atoms with Crippen LogP contribution >= 0.6 is 11.6 Å². The molecule has 0 atom stereocenters. The number of nitrogens with zero attached hydrogens (tertiary/aromatic N) is 2. The molecule has 4 heteroatoms. The summed E-state index contributed by atoms with van der Waals surface area (Å²) in [4.78, 5) is 4.50. The van der Waals surface area contributed by atoms with Gasteiger partial charge < -0.3 is 9.67 Å². The fraction of sp³-hybridized carbons (Fsp3) is 0.0625. The first-order valence-electron chi connectivity index (χ1n) is 6.23. The summed E-state index contributed by atoms with van der Waals surface area (Å²) < 4.78 is 1.95. The third-order valence-electron chi connectivity index (χ3n) is 3.23. The fourth-order valence-electron chi connectivity index (χ4n) is 2.12. The maximum absolute atomic E-state index is 10.2. The quantitative estimate of drug-likeness (QED) is 0.713. The number of halogens is 1. The van der Waals surface area contributed by atoms with Crippen LogP contribution in [0.5, 0.6) is 0 Å². The molecule has 0 radical (unpaired) electrons. The highest BCUT2D eigenvalue weighted by Crippen LogP contribution is 2.20. The highest BCUT2D eigenvalue weighted by molar-refractivity contribution is 6.30. The smallest absolute Gasteiger partial charge is 0.137 e. The molecule has 0 unspecified atom stereocenters. The number of hydrogen-bond donors (Lipinski definition) is 1. The summed E-state index contributed by atoms with van der Waals surface area (Å²) in [6.07, 6.45) is 1.66. The van der Waals surface area contributed by atoms with E-state index in [9.17, 15) is 5.11 Å². The Kier molecular flexibility index (Phi) is 3.20. The van der Waals surface area contributed by atoms with E-state index >= 15 is 0 Å². The number of benzene rings is 2. The van der Waals surface area contributed by atoms with E-state index in [0.717, 1.165) is 11.0 Å². The van der Waals surface area contributed by atoms with Crippen molar-refractivity contribution in [3.05, 3.63) is 64.9 Å². The molecule has 0 saturated heterocycles. The Labute approximate surface area is 121 Å². The molecule has 3 rings (SSSR count). The average Bonchev–Trinajstić information content (AvgIpc) is 2.77. The van der Waals surface area contributed by atoms with Crippen molar-refractivity contribution in [2.45, 2.75) is 0 Å². The number of aryl methyl sites for hydroxylation is 1. The molecule has 2 aromatic carbocycles. The normalized spacial score (nSPS) is 12.0. The van der Waals surface area contributed by atoms with Crippen LogP contribution in [-0.4, -0.2) is 14.7 Å². The van der Waals surface area contributed by atoms with Gasteiger partial charge in [0.2, 0.25) is 0 Å². The molecule has 0 bridgehead atoms. The van der Waals surface area contributed by atoms with Crippen LogP contribution < -0.4 is 0 Å². The number of para-hydroxylation sites is 2. The van der Waals surface area contributed by atoms with Gasteiger partial charge in [0.05, 0.1) is 11.0 Å². The van der Waals surface area contributed by atoms with Crippen LogP contribution in [0, 0.1) is 0 Å². The third-order valence-corrected chi connectivity index (χ3v) is 3.48. The SMILES string of the molecule is Cn1c(C=C(O)c2ccc(Cl)cc2)nc2ccccc21. The summed E-state index contributed by atoms with van der Waals surface area (Å²) in [7, 11) is 1.93. The number of aromatic nitrogens is 2. The number of aliphatic hydroxyl groups excluding tert-OH is 1. The van der Waals surface area contributed by atoms with Gasteiger partial charge in [-0.05, 0) is 36.4 Å². The van der Waals surface area contributed by atoms with Gasteiger partial charge >= 0.3 is 0 Å². The Morgan fingerprint density at radius 2 is 1.85 bits per heavy atom. The van der Waals surface area contributed by atoms with E-state index < -0.39 is 0 Å². The monoisotopic (exact) mass is 284 g/mol. The molecule has 1 heterocycles. The van der Waals surface area contributed by atoms with E-state index in [1.165, 1.54) is 0 Å². The van der Waals surface area contributed by atoms with Crippen LogP contribution in [0.4, 0.5) is 0 Å². The molecular weight excluding hydrogens is 272 g/mol. The molecule has 0 fully saturated rings. The lowest BCUT2D eigenvalue weighted by molar-refractivity contribution is 0.515. The molecule has 1 N–H and O–H groups in total. The standard InChI is InChI=1S/C16H13ClN2O/c1-19-14-5-3-2-4-13(14)18-16(19)10-15(20)11-6-8-12(17)9-7-11/h2-10,20H,1H3. The van der Waals surface area contributed by atoms with Crippen molar-refractivity contribution in [1.82, 2.24) is 9.55 Å². The van der Waals surface area contributed by atoms with Gasteiger partial charge in [0.1, 0.15) is 11.6 Å². The average molecular weight is 285 g/mol. The largest absolute Gasteiger partial charge is 0.507 e. The first-order chi connectivity index (χ1) is 9.65. The number of rotatable bonds is 2. The highest BCUT2D eigenvalue weighted by atomic mass is 35.5. The van der Waals surface area contributed by atoms with Crippen LogP contribution in [0.25, 0.3) is 22.9 Å². The zero-order chi connectivity index (χ0) is 14.1. The van der Waals surface area contributed by atoms with Crippen LogP contribution in [0.15, 0.2) is 48.5 Å². The molecule has 0 aliphatic heterocycles. The van der Waals surface area contributed by atoms with E-state index in [-0.39, 0.29) is 5.76 Å². The van der Waals surface area contributed by atoms with Gasteiger partial charge in [-0.3, -0.25) is 0 Å². The van der Waals surface area contributed by atoms with Crippen molar-refractivity contribution in [2.24, 2.45) is 7.05 Å². The lowest BCUT2D eigenvalue weighted by Gasteiger charge is -2.01. The zero-order valence-electron chi connectivity index (χ0n) is 10.9. The lowest BCUT2D eigenvalue weighted by Crippen LogP contribution is -1.92. The van der Waals surface area contributed by atoms with Gasteiger partial charge in [0, 0.05) is 23.7 Å². The zero-order valence-corrected chi connectivity index (χ0v) is 11.7. The van der Waals surface area contributed by atoms with Crippen molar-refractivity contribution < 1.29 is 5.11 Å². The first-order valence-corrected chi connectivity index (χ1v) is 6.61. The number of aliphatic hydroxyl groups is 1. The van der Waals surface area contributed by atoms with Crippen LogP contribution in [0.1, 0.15) is 11.4 Å². The topological polar surface area (TPSA) is 38.0 Å². The molecule has 20 heavy (non-hydrogen) atoms. The van der Waals surface area contributed by atoms with E-state index in [4.69, 9.17) is 11.6 Å². The van der Waals surface area contributed by atoms with E-state index in [1.807, 2.05) is 35.9 Å². The second-order valence-corrected chi connectivity index (χ2v) is 4.99. The Bertz CT molecular complexity index is 788. The Morgan fingerprint density at radius 1 is 1.15 bits per heavy atom. The van der Waals surface area contributed by atoms with Crippen molar-refractivity contribution in [1.29, 1.82) is 0 Å². The van der Waals surface area contributed by atoms with Gasteiger partial charge in [0.15, 0.2) is 0 Å². The molecule has 0 spiro atoms. The third kappa shape index (κ3) is 2.28. The molecule has 1 aromatic heterocycles. The van der Waals surface area contributed by atoms with Crippen molar-refractivity contribution in [3.8, 4) is 0 Å². The summed E-state index contributed by atoms with van der Waals surface area (Å²) in [5.74, 6) is 0.874. The lowest BCUT2D eigenvalue weighted by atomic mass is 10.2. The second-order valence-electron chi connectivity index (χ2n) is 4.55. The predicted molar refractivity (Wildman–Crippen MR) is 82.7 cm³/mol. The van der Waals surface area contributed by atoms with Gasteiger partial charge in [-0.1, -0.05) is 23.7 Å². The number of fused-ring (bicyclic) bond motifs is 1. The van der Waals surface area contributed by atoms with Gasteiger partial charge in [-0.25, -0.2) is 4.98 Å². The van der Waals surface area contributed by atoms with Crippen LogP contribution in [0.3, 0.4) is 0 Å². The first kappa shape index (κ1) is 12.8. The molecule has 0 aliphatic rings. The maximum atomic E-state index is 10.2. The summed E-state index contributed by atoms with van der Waals surface area (Å²) in [5.41, 5.74) is 2.65. The van der Waals surface area contributed by atoms with Crippen molar-refractivity contribution >= 4 is 34.5 Å². The minimum Gasteiger partial charge on any atom is -0.507 e. The Hall–Kier alpha value is -2.26. The van der Waals surface area contributed by atoms with Gasteiger partial charge in [0.25, 0.3) is 0 Å². The maximum Gasteiger partial charge on any atom is 0.137 e. The molecule has 0 aliphatic carbocycles. The summed E-state index contributed by atoms with van der Waals surface area (Å²) >= 11 is 5.84. The molecule has 0 amide bonds. The molecular formula is C16H13ClN2O. The summed E-state index contributed by atoms with van der Waals surface area (Å²) in [6, 6.07) is 14.9. The number of imidazole rings is 1.